The Morgan fingerprint density at radius 3 is 3.00 bits per heavy atom. The Balaban J connectivity index is 3.06. The maximum Gasteiger partial charge on any atom is 0.238 e. The van der Waals surface area contributed by atoms with Gasteiger partial charge in [-0.05, 0) is 43.5 Å². The molecule has 0 aliphatic rings. The molecule has 0 aliphatic heterocycles. The molecule has 0 radical (unpaired) electrons. The fourth-order valence-electron chi connectivity index (χ4n) is 1.15. The molecule has 1 N–H and O–H groups in total. The molecule has 0 fully saturated rings. The second kappa shape index (κ2) is 6.18. The quantitative estimate of drug-likeness (QED) is 0.852. The number of halogens is 1. The highest BCUT2D eigenvalue weighted by atomic mass is 79.9. The van der Waals surface area contributed by atoms with Gasteiger partial charge in [0.15, 0.2) is 0 Å². The zero-order valence-corrected chi connectivity index (χ0v) is 12.6. The van der Waals surface area contributed by atoms with E-state index in [9.17, 15) is 4.55 Å². The smallest absolute Gasteiger partial charge is 0.238 e. The first-order valence-electron chi connectivity index (χ1n) is 7.69. The van der Waals surface area contributed by atoms with Crippen LogP contribution in [0.1, 0.15) is 46.2 Å². The van der Waals surface area contributed by atoms with Crippen LogP contribution in [0.25, 0.3) is 0 Å². The summed E-state index contributed by atoms with van der Waals surface area (Å²) >= 11 is 0.964. The van der Waals surface area contributed by atoms with Gasteiger partial charge in [0.1, 0.15) is 15.0 Å². The summed E-state index contributed by atoms with van der Waals surface area (Å²) in [5.74, 6) is 0.195. The van der Waals surface area contributed by atoms with Crippen LogP contribution in [0.4, 0.5) is 0 Å². The lowest BCUT2D eigenvalue weighted by Crippen LogP contribution is -2.40. The zero-order chi connectivity index (χ0) is 18.0. The largest absolute Gasteiger partial charge is 0.598 e. The average Bonchev–Trinajstić information content (AvgIpc) is 2.44. The van der Waals surface area contributed by atoms with Crippen molar-refractivity contribution in [1.82, 2.24) is 14.7 Å². The summed E-state index contributed by atoms with van der Waals surface area (Å²) in [4.78, 5) is 8.20. The first-order chi connectivity index (χ1) is 10.4. The van der Waals surface area contributed by atoms with E-state index in [0.29, 0.717) is 10.3 Å². The third-order valence-electron chi connectivity index (χ3n) is 2.01. The summed E-state index contributed by atoms with van der Waals surface area (Å²) in [7, 11) is 1.40. The van der Waals surface area contributed by atoms with Crippen molar-refractivity contribution in [1.29, 1.82) is 0 Å². The van der Waals surface area contributed by atoms with Gasteiger partial charge in [0, 0.05) is 18.2 Å². The lowest BCUT2D eigenvalue weighted by Gasteiger charge is -2.26. The molecule has 1 aromatic rings. The maximum absolute atomic E-state index is 12.5. The second-order valence-corrected chi connectivity index (χ2v) is 6.24. The highest BCUT2D eigenvalue weighted by molar-refractivity contribution is 9.10. The van der Waals surface area contributed by atoms with E-state index >= 15 is 0 Å². The first-order valence-corrected chi connectivity index (χ1v) is 6.98. The molecule has 0 spiro atoms. The summed E-state index contributed by atoms with van der Waals surface area (Å²) in [6.45, 7) is -1.81. The number of aromatic nitrogens is 2. The predicted octanol–water partition coefficient (Wildman–Crippen LogP) is 2.36. The number of nitrogens with one attached hydrogen (secondary N) is 1. The van der Waals surface area contributed by atoms with E-state index < -0.39 is 35.9 Å². The van der Waals surface area contributed by atoms with Gasteiger partial charge >= 0.3 is 0 Å². The summed E-state index contributed by atoms with van der Waals surface area (Å²) in [5, 5.41) is 0. The molecule has 0 aliphatic carbocycles. The number of hydrogen-bond donors (Lipinski definition) is 1. The van der Waals surface area contributed by atoms with E-state index in [1.807, 2.05) is 0 Å². The SMILES string of the molecule is [2H]C([2H])[C@@](C)([S+]([O-])N[C@H](C)c1ncc(Br)nc1OC)C([2H])([2H])[2H]. The minimum atomic E-state index is -2.74. The van der Waals surface area contributed by atoms with E-state index in [0.717, 1.165) is 6.92 Å². The van der Waals surface area contributed by atoms with Gasteiger partial charge in [-0.1, -0.05) is 0 Å². The molecule has 3 atom stereocenters. The molecule has 0 saturated heterocycles. The molecular weight excluding hydrogens is 318 g/mol. The molecule has 0 amide bonds. The van der Waals surface area contributed by atoms with Gasteiger partial charge in [0.05, 0.1) is 19.3 Å². The van der Waals surface area contributed by atoms with Gasteiger partial charge in [0.2, 0.25) is 5.88 Å². The van der Waals surface area contributed by atoms with Crippen molar-refractivity contribution in [2.24, 2.45) is 0 Å². The molecular formula is C11H18BrN3O2S. The molecule has 0 saturated carbocycles. The van der Waals surface area contributed by atoms with Gasteiger partial charge in [-0.15, -0.1) is 4.72 Å². The number of rotatable bonds is 4. The van der Waals surface area contributed by atoms with Crippen LogP contribution >= 0.6 is 15.9 Å². The number of hydrogen-bond acceptors (Lipinski definition) is 5. The van der Waals surface area contributed by atoms with Gasteiger partial charge in [0.25, 0.3) is 0 Å². The molecule has 102 valence electrons. The predicted molar refractivity (Wildman–Crippen MR) is 75.7 cm³/mol. The van der Waals surface area contributed by atoms with Crippen molar-refractivity contribution < 1.29 is 16.1 Å². The maximum atomic E-state index is 12.5. The van der Waals surface area contributed by atoms with Crippen molar-refractivity contribution in [3.8, 4) is 5.88 Å². The van der Waals surface area contributed by atoms with Crippen molar-refractivity contribution in [2.45, 2.75) is 38.4 Å². The Hall–Kier alpha value is -0.370. The fraction of sp³-hybridized carbons (Fsp3) is 0.636. The lowest BCUT2D eigenvalue weighted by atomic mass is 10.2. The van der Waals surface area contributed by atoms with Gasteiger partial charge < -0.3 is 9.29 Å². The normalized spacial score (nSPS) is 22.9. The number of methoxy groups -OCH3 is 1. The van der Waals surface area contributed by atoms with Crippen LogP contribution in [-0.4, -0.2) is 26.4 Å². The highest BCUT2D eigenvalue weighted by Crippen LogP contribution is 2.24. The number of nitrogens with zero attached hydrogens (tertiary/aromatic N) is 2. The van der Waals surface area contributed by atoms with Gasteiger partial charge in [-0.2, -0.15) is 0 Å². The summed E-state index contributed by atoms with van der Waals surface area (Å²) < 4.78 is 56.1. The molecule has 1 aromatic heterocycles. The van der Waals surface area contributed by atoms with Crippen LogP contribution in [0.15, 0.2) is 10.8 Å². The third kappa shape index (κ3) is 4.08. The zero-order valence-electron chi connectivity index (χ0n) is 15.2. The minimum Gasteiger partial charge on any atom is -0.598 e. The standard InChI is InChI=1S/C11H18BrN3O2S/c1-7(15-18(16)11(2,3)4)9-10(17-5)14-8(12)6-13-9/h6-7,15H,1-5H3/t7-,18?/m1/s1/i2D2,3D3/t7-,11-,18?. The molecule has 1 unspecified atom stereocenters. The summed E-state index contributed by atoms with van der Waals surface area (Å²) in [6, 6.07) is -0.660. The topological polar surface area (TPSA) is 70.1 Å². The molecule has 1 heterocycles. The monoisotopic (exact) mass is 340 g/mol. The Labute approximate surface area is 126 Å². The lowest BCUT2D eigenvalue weighted by molar-refractivity contribution is 0.382. The Kier molecular flexibility index (Phi) is 3.27. The Bertz CT molecular complexity index is 551. The summed E-state index contributed by atoms with van der Waals surface area (Å²) in [6.07, 6.45) is 1.43. The van der Waals surface area contributed by atoms with Crippen LogP contribution in [0.5, 0.6) is 5.88 Å². The molecule has 5 nitrogen and oxygen atoms in total. The first kappa shape index (κ1) is 9.52. The van der Waals surface area contributed by atoms with Crippen molar-refractivity contribution in [3.05, 3.63) is 16.5 Å². The third-order valence-corrected chi connectivity index (χ3v) is 3.73. The van der Waals surface area contributed by atoms with E-state index in [2.05, 4.69) is 30.6 Å². The van der Waals surface area contributed by atoms with Crippen molar-refractivity contribution in [3.63, 3.8) is 0 Å². The fourth-order valence-corrected chi connectivity index (χ4v) is 2.09. The van der Waals surface area contributed by atoms with E-state index in [-0.39, 0.29) is 5.88 Å². The molecule has 0 aromatic carbocycles. The minimum absolute atomic E-state index is 0.195. The van der Waals surface area contributed by atoms with E-state index in [1.165, 1.54) is 13.3 Å². The summed E-state index contributed by atoms with van der Waals surface area (Å²) in [5.41, 5.74) is 0.337. The van der Waals surface area contributed by atoms with Crippen LogP contribution in [0, 0.1) is 0 Å². The van der Waals surface area contributed by atoms with Crippen LogP contribution in [0.2, 0.25) is 0 Å². The van der Waals surface area contributed by atoms with Gasteiger partial charge in [-0.25, -0.2) is 4.98 Å². The Morgan fingerprint density at radius 2 is 2.44 bits per heavy atom. The highest BCUT2D eigenvalue weighted by Gasteiger charge is 2.29. The van der Waals surface area contributed by atoms with E-state index in [1.54, 1.807) is 6.92 Å². The second-order valence-electron chi connectivity index (χ2n) is 3.80. The van der Waals surface area contributed by atoms with Crippen LogP contribution in [0.3, 0.4) is 0 Å². The van der Waals surface area contributed by atoms with Crippen molar-refractivity contribution in [2.75, 3.05) is 7.11 Å². The molecule has 18 heavy (non-hydrogen) atoms. The van der Waals surface area contributed by atoms with Crippen LogP contribution in [-0.2, 0) is 11.4 Å². The molecule has 0 bridgehead atoms. The molecule has 7 heteroatoms. The van der Waals surface area contributed by atoms with Gasteiger partial charge in [-0.3, -0.25) is 4.98 Å². The molecule has 1 rings (SSSR count). The van der Waals surface area contributed by atoms with Crippen LogP contribution < -0.4 is 9.46 Å². The number of ether oxygens (including phenoxy) is 1. The van der Waals surface area contributed by atoms with Crippen molar-refractivity contribution >= 4 is 27.3 Å². The van der Waals surface area contributed by atoms with E-state index in [4.69, 9.17) is 11.6 Å². The average molecular weight is 341 g/mol. The Morgan fingerprint density at radius 1 is 1.72 bits per heavy atom.